The Morgan fingerprint density at radius 3 is 3.00 bits per heavy atom. The molecule has 2 atom stereocenters. The number of rotatable bonds is 6. The number of nitrogens with one attached hydrogen (secondary N) is 1. The minimum Gasteiger partial charge on any atom is -0.467 e. The van der Waals surface area contributed by atoms with Crippen molar-refractivity contribution in [1.82, 2.24) is 10.5 Å². The molecule has 0 aliphatic carbocycles. The Morgan fingerprint density at radius 2 is 2.35 bits per heavy atom. The summed E-state index contributed by atoms with van der Waals surface area (Å²) in [7, 11) is 0. The average Bonchev–Trinajstić information content (AvgIpc) is 3.13. The largest absolute Gasteiger partial charge is 0.467 e. The number of hydrogen-bond donors (Lipinski definition) is 2. The van der Waals surface area contributed by atoms with Crippen molar-refractivity contribution in [2.24, 2.45) is 0 Å². The zero-order valence-electron chi connectivity index (χ0n) is 11.5. The van der Waals surface area contributed by atoms with E-state index in [1.54, 1.807) is 18.2 Å². The van der Waals surface area contributed by atoms with E-state index in [2.05, 4.69) is 10.5 Å². The maximum Gasteiger partial charge on any atom is 0.290 e. The third-order valence-electron chi connectivity index (χ3n) is 3.20. The van der Waals surface area contributed by atoms with Crippen LogP contribution < -0.4 is 5.32 Å². The first-order valence-corrected chi connectivity index (χ1v) is 6.58. The first-order valence-electron chi connectivity index (χ1n) is 6.58. The van der Waals surface area contributed by atoms with Crippen molar-refractivity contribution < 1.29 is 18.8 Å². The van der Waals surface area contributed by atoms with Crippen LogP contribution in [0.25, 0.3) is 0 Å². The maximum absolute atomic E-state index is 11.9. The fraction of sp³-hybridized carbons (Fsp3) is 0.429. The predicted octanol–water partition coefficient (Wildman–Crippen LogP) is 2.24. The van der Waals surface area contributed by atoms with Crippen LogP contribution in [-0.4, -0.2) is 22.7 Å². The first kappa shape index (κ1) is 14.3. The molecule has 2 rings (SSSR count). The number of aliphatic hydroxyl groups is 1. The molecule has 0 radical (unpaired) electrons. The monoisotopic (exact) mass is 278 g/mol. The molecule has 2 aromatic rings. The molecule has 2 N–H and O–H groups in total. The fourth-order valence-electron chi connectivity index (χ4n) is 1.70. The van der Waals surface area contributed by atoms with Crippen LogP contribution in [0.5, 0.6) is 0 Å². The molecule has 0 aliphatic heterocycles. The highest BCUT2D eigenvalue weighted by atomic mass is 16.5. The molecule has 108 valence electrons. The minimum atomic E-state index is -0.883. The summed E-state index contributed by atoms with van der Waals surface area (Å²) in [6, 6.07) is 4.95. The second-order valence-corrected chi connectivity index (χ2v) is 4.67. The summed E-state index contributed by atoms with van der Waals surface area (Å²) in [4.78, 5) is 11.9. The lowest BCUT2D eigenvalue weighted by Crippen LogP contribution is -2.27. The van der Waals surface area contributed by atoms with Gasteiger partial charge in [-0.2, -0.15) is 0 Å². The third-order valence-corrected chi connectivity index (χ3v) is 3.20. The lowest BCUT2D eigenvalue weighted by Gasteiger charge is -2.07. The Hall–Kier alpha value is -2.08. The van der Waals surface area contributed by atoms with E-state index in [1.165, 1.54) is 6.26 Å². The summed E-state index contributed by atoms with van der Waals surface area (Å²) in [6.45, 7) is 4.10. The summed E-state index contributed by atoms with van der Waals surface area (Å²) in [6.07, 6.45) is 1.51. The van der Waals surface area contributed by atoms with Crippen molar-refractivity contribution in [3.05, 3.63) is 41.7 Å². The Morgan fingerprint density at radius 1 is 1.55 bits per heavy atom. The zero-order valence-corrected chi connectivity index (χ0v) is 11.5. The molecule has 0 spiro atoms. The van der Waals surface area contributed by atoms with Gasteiger partial charge in [-0.15, -0.1) is 0 Å². The quantitative estimate of drug-likeness (QED) is 0.846. The van der Waals surface area contributed by atoms with Crippen molar-refractivity contribution in [3.8, 4) is 0 Å². The molecule has 0 bridgehead atoms. The Kier molecular flexibility index (Phi) is 4.57. The SMILES string of the molecule is CC[C@@H](C)c1cc(C(=O)NC[C@H](O)c2ccco2)on1. The van der Waals surface area contributed by atoms with E-state index in [4.69, 9.17) is 8.94 Å². The Bertz CT molecular complexity index is 547. The molecule has 20 heavy (non-hydrogen) atoms. The number of hydrogen-bond acceptors (Lipinski definition) is 5. The standard InChI is InChI=1S/C14H18N2O4/c1-3-9(2)10-7-13(20-16-10)14(18)15-8-11(17)12-5-4-6-19-12/h4-7,9,11,17H,3,8H2,1-2H3,(H,15,18)/t9-,11+/m1/s1. The molecular formula is C14H18N2O4. The molecule has 0 aromatic carbocycles. The Balaban J connectivity index is 1.90. The van der Waals surface area contributed by atoms with Gasteiger partial charge in [0.05, 0.1) is 18.5 Å². The van der Waals surface area contributed by atoms with E-state index < -0.39 is 12.0 Å². The maximum atomic E-state index is 11.9. The number of nitrogens with zero attached hydrogens (tertiary/aromatic N) is 1. The molecule has 0 saturated heterocycles. The highest BCUT2D eigenvalue weighted by molar-refractivity contribution is 5.91. The summed E-state index contributed by atoms with van der Waals surface area (Å²) >= 11 is 0. The lowest BCUT2D eigenvalue weighted by molar-refractivity contribution is 0.0865. The van der Waals surface area contributed by atoms with Gasteiger partial charge in [-0.1, -0.05) is 19.0 Å². The molecule has 0 fully saturated rings. The molecule has 0 aliphatic rings. The van der Waals surface area contributed by atoms with Crippen molar-refractivity contribution in [1.29, 1.82) is 0 Å². The smallest absolute Gasteiger partial charge is 0.290 e. The van der Waals surface area contributed by atoms with Gasteiger partial charge in [-0.05, 0) is 18.6 Å². The van der Waals surface area contributed by atoms with Crippen LogP contribution in [0.1, 0.15) is 54.3 Å². The van der Waals surface area contributed by atoms with E-state index in [1.807, 2.05) is 13.8 Å². The number of furan rings is 1. The summed E-state index contributed by atoms with van der Waals surface area (Å²) < 4.78 is 10.1. The van der Waals surface area contributed by atoms with Gasteiger partial charge in [0, 0.05) is 12.0 Å². The third kappa shape index (κ3) is 3.27. The number of carbonyl (C=O) groups is 1. The fourth-order valence-corrected chi connectivity index (χ4v) is 1.70. The van der Waals surface area contributed by atoms with Gasteiger partial charge < -0.3 is 19.4 Å². The summed E-state index contributed by atoms with van der Waals surface area (Å²) in [5.74, 6) is 0.391. The van der Waals surface area contributed by atoms with Crippen molar-refractivity contribution in [2.45, 2.75) is 32.3 Å². The topological polar surface area (TPSA) is 88.5 Å². The van der Waals surface area contributed by atoms with Crippen LogP contribution in [0, 0.1) is 0 Å². The number of carbonyl (C=O) groups excluding carboxylic acids is 1. The van der Waals surface area contributed by atoms with E-state index >= 15 is 0 Å². The average molecular weight is 278 g/mol. The van der Waals surface area contributed by atoms with Gasteiger partial charge in [0.1, 0.15) is 11.9 Å². The molecule has 0 unspecified atom stereocenters. The van der Waals surface area contributed by atoms with E-state index in [0.29, 0.717) is 5.76 Å². The second kappa shape index (κ2) is 6.38. The molecule has 1 amide bonds. The van der Waals surface area contributed by atoms with E-state index in [-0.39, 0.29) is 18.2 Å². The normalized spacial score (nSPS) is 13.9. The lowest BCUT2D eigenvalue weighted by atomic mass is 10.1. The Labute approximate surface area is 116 Å². The highest BCUT2D eigenvalue weighted by Crippen LogP contribution is 2.18. The molecule has 2 heterocycles. The summed E-state index contributed by atoms with van der Waals surface area (Å²) in [5, 5.41) is 16.2. The van der Waals surface area contributed by atoms with Crippen LogP contribution in [0.15, 0.2) is 33.4 Å². The van der Waals surface area contributed by atoms with Crippen molar-refractivity contribution in [2.75, 3.05) is 6.54 Å². The van der Waals surface area contributed by atoms with Crippen molar-refractivity contribution >= 4 is 5.91 Å². The minimum absolute atomic E-state index is 0.0473. The second-order valence-electron chi connectivity index (χ2n) is 4.67. The van der Waals surface area contributed by atoms with Crippen LogP contribution in [0.2, 0.25) is 0 Å². The van der Waals surface area contributed by atoms with E-state index in [0.717, 1.165) is 12.1 Å². The predicted molar refractivity (Wildman–Crippen MR) is 71.2 cm³/mol. The molecule has 6 heteroatoms. The van der Waals surface area contributed by atoms with Crippen LogP contribution in [0.3, 0.4) is 0 Å². The molecule has 2 aromatic heterocycles. The van der Waals surface area contributed by atoms with Crippen LogP contribution in [-0.2, 0) is 0 Å². The molecular weight excluding hydrogens is 260 g/mol. The van der Waals surface area contributed by atoms with Gasteiger partial charge >= 0.3 is 0 Å². The summed E-state index contributed by atoms with van der Waals surface area (Å²) in [5.41, 5.74) is 0.754. The van der Waals surface area contributed by atoms with Gasteiger partial charge in [0.15, 0.2) is 0 Å². The van der Waals surface area contributed by atoms with Crippen molar-refractivity contribution in [3.63, 3.8) is 0 Å². The zero-order chi connectivity index (χ0) is 14.5. The molecule has 6 nitrogen and oxygen atoms in total. The van der Waals surface area contributed by atoms with Crippen LogP contribution >= 0.6 is 0 Å². The van der Waals surface area contributed by atoms with Gasteiger partial charge in [-0.3, -0.25) is 4.79 Å². The molecule has 0 saturated carbocycles. The number of aromatic nitrogens is 1. The van der Waals surface area contributed by atoms with E-state index in [9.17, 15) is 9.90 Å². The number of amides is 1. The van der Waals surface area contributed by atoms with Gasteiger partial charge in [0.2, 0.25) is 5.76 Å². The van der Waals surface area contributed by atoms with Gasteiger partial charge in [0.25, 0.3) is 5.91 Å². The van der Waals surface area contributed by atoms with Gasteiger partial charge in [-0.25, -0.2) is 0 Å². The number of aliphatic hydroxyl groups excluding tert-OH is 1. The first-order chi connectivity index (χ1) is 9.61. The van der Waals surface area contributed by atoms with Crippen LogP contribution in [0.4, 0.5) is 0 Å². The highest BCUT2D eigenvalue weighted by Gasteiger charge is 2.17.